The van der Waals surface area contributed by atoms with Crippen molar-refractivity contribution in [1.29, 1.82) is 0 Å². The minimum absolute atomic E-state index is 0.0134. The molecule has 1 aromatic heterocycles. The number of methoxy groups -OCH3 is 1. The van der Waals surface area contributed by atoms with Gasteiger partial charge in [-0.25, -0.2) is 18.0 Å². The lowest BCUT2D eigenvalue weighted by Gasteiger charge is -2.34. The third-order valence-corrected chi connectivity index (χ3v) is 6.80. The molecule has 0 unspecified atom stereocenters. The summed E-state index contributed by atoms with van der Waals surface area (Å²) in [6.45, 7) is 4.91. The van der Waals surface area contributed by atoms with Crippen LogP contribution in [0.4, 0.5) is 0 Å². The van der Waals surface area contributed by atoms with Crippen LogP contribution in [0.1, 0.15) is 46.9 Å². The first-order valence-electron chi connectivity index (χ1n) is 9.65. The fourth-order valence-corrected chi connectivity index (χ4v) is 5.28. The summed E-state index contributed by atoms with van der Waals surface area (Å²) in [5, 5.41) is 0. The van der Waals surface area contributed by atoms with Gasteiger partial charge in [-0.05, 0) is 54.7 Å². The number of nitrogens with zero attached hydrogens (tertiary/aromatic N) is 1. The molecular formula is C21H25NO7S. The van der Waals surface area contributed by atoms with Crippen LogP contribution in [0.15, 0.2) is 45.7 Å². The lowest BCUT2D eigenvalue weighted by atomic mass is 9.94. The van der Waals surface area contributed by atoms with E-state index in [2.05, 4.69) is 4.74 Å². The van der Waals surface area contributed by atoms with Gasteiger partial charge in [0.2, 0.25) is 15.8 Å². The van der Waals surface area contributed by atoms with Crippen LogP contribution in [-0.4, -0.2) is 44.9 Å². The summed E-state index contributed by atoms with van der Waals surface area (Å²) in [6, 6.07) is 8.62. The van der Waals surface area contributed by atoms with Gasteiger partial charge in [-0.1, -0.05) is 13.8 Å². The topological polar surface area (TPSA) is 103 Å². The summed E-state index contributed by atoms with van der Waals surface area (Å²) < 4.78 is 42.3. The molecule has 0 spiro atoms. The van der Waals surface area contributed by atoms with Gasteiger partial charge in [0, 0.05) is 13.1 Å². The number of furan rings is 1. The Kier molecular flexibility index (Phi) is 6.62. The Morgan fingerprint density at radius 1 is 1.03 bits per heavy atom. The van der Waals surface area contributed by atoms with Crippen LogP contribution in [0.25, 0.3) is 0 Å². The molecule has 1 aliphatic heterocycles. The van der Waals surface area contributed by atoms with Gasteiger partial charge in [0.15, 0.2) is 0 Å². The maximum Gasteiger partial charge on any atom is 0.373 e. The van der Waals surface area contributed by atoms with Crippen molar-refractivity contribution >= 4 is 22.0 Å². The molecular weight excluding hydrogens is 410 g/mol. The van der Waals surface area contributed by atoms with E-state index in [-0.39, 0.29) is 28.6 Å². The number of sulfonamides is 1. The Hall–Kier alpha value is -2.65. The smallest absolute Gasteiger partial charge is 0.373 e. The van der Waals surface area contributed by atoms with Crippen molar-refractivity contribution in [3.05, 3.63) is 53.5 Å². The fourth-order valence-electron chi connectivity index (χ4n) is 3.60. The van der Waals surface area contributed by atoms with Crippen LogP contribution >= 0.6 is 0 Å². The van der Waals surface area contributed by atoms with E-state index in [1.165, 1.54) is 47.8 Å². The van der Waals surface area contributed by atoms with Gasteiger partial charge in [-0.15, -0.1) is 0 Å². The first-order chi connectivity index (χ1) is 14.2. The summed E-state index contributed by atoms with van der Waals surface area (Å²) in [5.41, 5.74) is 0.217. The van der Waals surface area contributed by atoms with Crippen molar-refractivity contribution in [2.24, 2.45) is 11.8 Å². The second-order valence-corrected chi connectivity index (χ2v) is 9.56. The molecule has 8 nitrogen and oxygen atoms in total. The highest BCUT2D eigenvalue weighted by atomic mass is 32.2. The van der Waals surface area contributed by atoms with Crippen molar-refractivity contribution in [2.75, 3.05) is 20.2 Å². The summed E-state index contributed by atoms with van der Waals surface area (Å²) in [6.07, 6.45) is 1.01. The SMILES string of the molecule is COC(=O)c1ccc(COC(=O)c2ccc(S(=O)(=O)N3C[C@H](C)C[C@@H](C)C3)cc2)o1. The van der Waals surface area contributed by atoms with Crippen LogP contribution in [0.2, 0.25) is 0 Å². The minimum atomic E-state index is -3.61. The van der Waals surface area contributed by atoms with E-state index in [1.807, 2.05) is 13.8 Å². The number of ether oxygens (including phenoxy) is 2. The number of hydrogen-bond donors (Lipinski definition) is 0. The van der Waals surface area contributed by atoms with Crippen molar-refractivity contribution < 1.29 is 31.9 Å². The number of hydrogen-bond acceptors (Lipinski definition) is 7. The maximum absolute atomic E-state index is 12.9. The van der Waals surface area contributed by atoms with Crippen LogP contribution in [0.3, 0.4) is 0 Å². The summed E-state index contributed by atoms with van der Waals surface area (Å²) in [5.74, 6) is -0.342. The number of rotatable bonds is 6. The van der Waals surface area contributed by atoms with Crippen molar-refractivity contribution in [3.8, 4) is 0 Å². The lowest BCUT2D eigenvalue weighted by Crippen LogP contribution is -2.42. The number of esters is 2. The molecule has 1 saturated heterocycles. The third kappa shape index (κ3) is 4.91. The van der Waals surface area contributed by atoms with Gasteiger partial charge in [-0.3, -0.25) is 0 Å². The fraction of sp³-hybridized carbons (Fsp3) is 0.429. The van der Waals surface area contributed by atoms with Gasteiger partial charge in [-0.2, -0.15) is 4.31 Å². The molecule has 9 heteroatoms. The number of benzene rings is 1. The summed E-state index contributed by atoms with van der Waals surface area (Å²) >= 11 is 0. The molecule has 1 aliphatic rings. The monoisotopic (exact) mass is 435 g/mol. The van der Waals surface area contributed by atoms with Gasteiger partial charge < -0.3 is 13.9 Å². The zero-order valence-electron chi connectivity index (χ0n) is 17.2. The van der Waals surface area contributed by atoms with E-state index in [0.717, 1.165) is 6.42 Å². The predicted octanol–water partition coefficient (Wildman–Crippen LogP) is 3.09. The van der Waals surface area contributed by atoms with Crippen molar-refractivity contribution in [1.82, 2.24) is 4.31 Å². The highest BCUT2D eigenvalue weighted by Crippen LogP contribution is 2.27. The largest absolute Gasteiger partial charge is 0.463 e. The lowest BCUT2D eigenvalue weighted by molar-refractivity contribution is 0.0438. The molecule has 3 rings (SSSR count). The van der Waals surface area contributed by atoms with Crippen molar-refractivity contribution in [2.45, 2.75) is 31.8 Å². The van der Waals surface area contributed by atoms with E-state index in [1.54, 1.807) is 0 Å². The summed E-state index contributed by atoms with van der Waals surface area (Å²) in [4.78, 5) is 23.8. The molecule has 162 valence electrons. The van der Waals surface area contributed by atoms with Gasteiger partial charge in [0.05, 0.1) is 17.6 Å². The number of carbonyl (C=O) groups is 2. The number of piperidine rings is 1. The second-order valence-electron chi connectivity index (χ2n) is 7.63. The Bertz CT molecular complexity index is 1000. The standard InChI is InChI=1S/C21H25NO7S/c1-14-10-15(2)12-22(11-14)30(25,26)18-7-4-16(5-8-18)20(23)28-13-17-6-9-19(29-17)21(24)27-3/h4-9,14-15H,10-13H2,1-3H3/t14-,15-/m1/s1. The average molecular weight is 435 g/mol. The number of carbonyl (C=O) groups excluding carboxylic acids is 2. The van der Waals surface area contributed by atoms with Gasteiger partial charge in [0.1, 0.15) is 12.4 Å². The molecule has 30 heavy (non-hydrogen) atoms. The molecule has 1 aromatic carbocycles. The molecule has 2 aromatic rings. The molecule has 0 bridgehead atoms. The third-order valence-electron chi connectivity index (χ3n) is 4.96. The second kappa shape index (κ2) is 9.01. The van der Waals surface area contributed by atoms with E-state index >= 15 is 0 Å². The molecule has 0 radical (unpaired) electrons. The van der Waals surface area contributed by atoms with E-state index in [9.17, 15) is 18.0 Å². The molecule has 2 atom stereocenters. The van der Waals surface area contributed by atoms with Crippen molar-refractivity contribution in [3.63, 3.8) is 0 Å². The zero-order valence-corrected chi connectivity index (χ0v) is 18.0. The first kappa shape index (κ1) is 22.0. The van der Waals surface area contributed by atoms with Crippen LogP contribution in [-0.2, 0) is 26.1 Å². The minimum Gasteiger partial charge on any atom is -0.463 e. The molecule has 0 saturated carbocycles. The van der Waals surface area contributed by atoms with E-state index < -0.39 is 22.0 Å². The van der Waals surface area contributed by atoms with Gasteiger partial charge >= 0.3 is 11.9 Å². The normalized spacial score (nSPS) is 20.0. The van der Waals surface area contributed by atoms with Crippen LogP contribution in [0, 0.1) is 11.8 Å². The predicted molar refractivity (Wildman–Crippen MR) is 107 cm³/mol. The van der Waals surface area contributed by atoms with E-state index in [0.29, 0.717) is 24.9 Å². The Morgan fingerprint density at radius 3 is 2.27 bits per heavy atom. The molecule has 0 N–H and O–H groups in total. The Morgan fingerprint density at radius 2 is 1.67 bits per heavy atom. The maximum atomic E-state index is 12.9. The average Bonchev–Trinajstić information content (AvgIpc) is 3.20. The molecule has 2 heterocycles. The first-order valence-corrected chi connectivity index (χ1v) is 11.1. The molecule has 0 amide bonds. The quantitative estimate of drug-likeness (QED) is 0.642. The molecule has 0 aliphatic carbocycles. The summed E-state index contributed by atoms with van der Waals surface area (Å²) in [7, 11) is -2.37. The zero-order chi connectivity index (χ0) is 21.9. The van der Waals surface area contributed by atoms with E-state index in [4.69, 9.17) is 9.15 Å². The highest BCUT2D eigenvalue weighted by molar-refractivity contribution is 7.89. The van der Waals surface area contributed by atoms with Crippen LogP contribution in [0.5, 0.6) is 0 Å². The van der Waals surface area contributed by atoms with Gasteiger partial charge in [0.25, 0.3) is 0 Å². The highest BCUT2D eigenvalue weighted by Gasteiger charge is 2.31. The van der Waals surface area contributed by atoms with Crippen LogP contribution < -0.4 is 0 Å². The Balaban J connectivity index is 1.64. The Labute approximate surface area is 175 Å². The molecule has 1 fully saturated rings.